The molecule has 0 fully saturated rings. The molecule has 3 aliphatic carbocycles. The molecule has 0 radical (unpaired) electrons. The number of nitrogens with one attached hydrogen (secondary N) is 3. The highest BCUT2D eigenvalue weighted by atomic mass is 35.5. The van der Waals surface area contributed by atoms with Gasteiger partial charge >= 0.3 is 0 Å². The molecule has 3 heterocycles. The summed E-state index contributed by atoms with van der Waals surface area (Å²) in [7, 11) is 0. The summed E-state index contributed by atoms with van der Waals surface area (Å²) < 4.78 is 0. The van der Waals surface area contributed by atoms with Gasteiger partial charge in [-0.05, 0) is 93.7 Å². The van der Waals surface area contributed by atoms with Gasteiger partial charge in [0.05, 0.1) is 18.6 Å². The van der Waals surface area contributed by atoms with Gasteiger partial charge in [-0.15, -0.1) is 37.2 Å². The SMILES string of the molecule is Cl.Cl.Cl.c1n[nH]c2c1CCCC2.c1n[nH]c2c1CCCC2.c1n[nH]c2c1CCCC2. The molecule has 6 nitrogen and oxygen atoms in total. The van der Waals surface area contributed by atoms with Gasteiger partial charge in [0.1, 0.15) is 0 Å². The Morgan fingerprint density at radius 1 is 0.433 bits per heavy atom. The first-order chi connectivity index (χ1) is 13.4. The van der Waals surface area contributed by atoms with Crippen LogP contribution in [0.5, 0.6) is 0 Å². The summed E-state index contributed by atoms with van der Waals surface area (Å²) in [6.45, 7) is 0. The maximum absolute atomic E-state index is 3.98. The maximum Gasteiger partial charge on any atom is 0.0522 e. The van der Waals surface area contributed by atoms with Gasteiger partial charge in [0.2, 0.25) is 0 Å². The minimum absolute atomic E-state index is 0. The van der Waals surface area contributed by atoms with Crippen LogP contribution in [0.2, 0.25) is 0 Å². The first kappa shape index (κ1) is 26.5. The number of H-pyrrole nitrogens is 3. The van der Waals surface area contributed by atoms with Gasteiger partial charge in [0, 0.05) is 17.1 Å². The van der Waals surface area contributed by atoms with Crippen molar-refractivity contribution in [2.75, 3.05) is 0 Å². The number of fused-ring (bicyclic) bond motifs is 3. The smallest absolute Gasteiger partial charge is 0.0522 e. The highest BCUT2D eigenvalue weighted by molar-refractivity contribution is 5.86. The Morgan fingerprint density at radius 2 is 0.700 bits per heavy atom. The van der Waals surface area contributed by atoms with Gasteiger partial charge in [-0.1, -0.05) is 0 Å². The highest BCUT2D eigenvalue weighted by Crippen LogP contribution is 2.18. The molecule has 0 amide bonds. The average molecular weight is 476 g/mol. The van der Waals surface area contributed by atoms with Crippen molar-refractivity contribution in [3.8, 4) is 0 Å². The molecular weight excluding hydrogens is 443 g/mol. The molecule has 3 aromatic heterocycles. The summed E-state index contributed by atoms with van der Waals surface area (Å²) in [5, 5.41) is 21.0. The van der Waals surface area contributed by atoms with Crippen LogP contribution < -0.4 is 0 Å². The topological polar surface area (TPSA) is 86.0 Å². The number of aromatic amines is 3. The van der Waals surface area contributed by atoms with E-state index >= 15 is 0 Å². The van der Waals surface area contributed by atoms with E-state index in [-0.39, 0.29) is 37.2 Å². The molecular formula is C21H33Cl3N6. The number of hydrogen-bond acceptors (Lipinski definition) is 3. The van der Waals surface area contributed by atoms with Crippen LogP contribution >= 0.6 is 37.2 Å². The summed E-state index contributed by atoms with van der Waals surface area (Å²) in [6.07, 6.45) is 21.2. The van der Waals surface area contributed by atoms with Crippen LogP contribution in [0.1, 0.15) is 72.3 Å². The first-order valence-electron chi connectivity index (χ1n) is 10.4. The zero-order valence-electron chi connectivity index (χ0n) is 17.3. The van der Waals surface area contributed by atoms with E-state index in [2.05, 4.69) is 30.6 Å². The lowest BCUT2D eigenvalue weighted by Gasteiger charge is -2.07. The molecule has 0 saturated heterocycles. The number of rotatable bonds is 0. The second kappa shape index (κ2) is 13.7. The molecule has 30 heavy (non-hydrogen) atoms. The average Bonchev–Trinajstić information content (AvgIpc) is 3.48. The van der Waals surface area contributed by atoms with Gasteiger partial charge in [0.25, 0.3) is 0 Å². The predicted octanol–water partition coefficient (Wildman–Crippen LogP) is 5.13. The fraction of sp³-hybridized carbons (Fsp3) is 0.571. The fourth-order valence-electron chi connectivity index (χ4n) is 4.16. The largest absolute Gasteiger partial charge is 0.282 e. The summed E-state index contributed by atoms with van der Waals surface area (Å²) in [5.41, 5.74) is 8.38. The van der Waals surface area contributed by atoms with Crippen molar-refractivity contribution in [3.05, 3.63) is 52.4 Å². The molecule has 168 valence electrons. The third-order valence-electron chi connectivity index (χ3n) is 5.79. The van der Waals surface area contributed by atoms with E-state index in [4.69, 9.17) is 0 Å². The second-order valence-electron chi connectivity index (χ2n) is 7.74. The van der Waals surface area contributed by atoms with E-state index in [1.807, 2.05) is 18.6 Å². The summed E-state index contributed by atoms with van der Waals surface area (Å²) >= 11 is 0. The normalized spacial score (nSPS) is 15.6. The molecule has 6 rings (SSSR count). The third-order valence-corrected chi connectivity index (χ3v) is 5.79. The van der Waals surface area contributed by atoms with Crippen molar-refractivity contribution >= 4 is 37.2 Å². The highest BCUT2D eigenvalue weighted by Gasteiger charge is 2.10. The first-order valence-corrected chi connectivity index (χ1v) is 10.4. The van der Waals surface area contributed by atoms with E-state index in [9.17, 15) is 0 Å². The van der Waals surface area contributed by atoms with Crippen LogP contribution in [0.25, 0.3) is 0 Å². The Labute approximate surface area is 197 Å². The van der Waals surface area contributed by atoms with Crippen LogP contribution in [0.15, 0.2) is 18.6 Å². The van der Waals surface area contributed by atoms with Gasteiger partial charge in [0.15, 0.2) is 0 Å². The molecule has 3 N–H and O–H groups in total. The van der Waals surface area contributed by atoms with E-state index in [1.54, 1.807) is 0 Å². The molecule has 0 saturated carbocycles. The Bertz CT molecular complexity index is 670. The zero-order valence-corrected chi connectivity index (χ0v) is 19.7. The van der Waals surface area contributed by atoms with E-state index in [1.165, 1.54) is 111 Å². The summed E-state index contributed by atoms with van der Waals surface area (Å²) in [5.74, 6) is 0. The Morgan fingerprint density at radius 3 is 0.967 bits per heavy atom. The quantitative estimate of drug-likeness (QED) is 0.421. The Balaban J connectivity index is 0.000000214. The Hall–Kier alpha value is -1.50. The van der Waals surface area contributed by atoms with Gasteiger partial charge in [-0.2, -0.15) is 15.3 Å². The number of hydrogen-bond donors (Lipinski definition) is 3. The van der Waals surface area contributed by atoms with Crippen molar-refractivity contribution in [1.29, 1.82) is 0 Å². The Kier molecular flexibility index (Phi) is 12.1. The van der Waals surface area contributed by atoms with Crippen molar-refractivity contribution < 1.29 is 0 Å². The van der Waals surface area contributed by atoms with Crippen LogP contribution in [-0.2, 0) is 38.5 Å². The van der Waals surface area contributed by atoms with E-state index in [0.717, 1.165) is 0 Å². The molecule has 0 bridgehead atoms. The van der Waals surface area contributed by atoms with E-state index in [0.29, 0.717) is 0 Å². The number of nitrogens with zero attached hydrogens (tertiary/aromatic N) is 3. The van der Waals surface area contributed by atoms with Crippen molar-refractivity contribution in [2.24, 2.45) is 0 Å². The zero-order chi connectivity index (χ0) is 18.3. The number of aromatic nitrogens is 6. The van der Waals surface area contributed by atoms with Crippen molar-refractivity contribution in [3.63, 3.8) is 0 Å². The molecule has 3 aliphatic rings. The lowest BCUT2D eigenvalue weighted by Crippen LogP contribution is -1.99. The third kappa shape index (κ3) is 7.03. The fourth-order valence-corrected chi connectivity index (χ4v) is 4.16. The second-order valence-corrected chi connectivity index (χ2v) is 7.74. The van der Waals surface area contributed by atoms with E-state index < -0.39 is 0 Å². The van der Waals surface area contributed by atoms with Crippen molar-refractivity contribution in [1.82, 2.24) is 30.6 Å². The number of halogens is 3. The monoisotopic (exact) mass is 474 g/mol. The summed E-state index contributed by atoms with van der Waals surface area (Å²) in [4.78, 5) is 0. The van der Waals surface area contributed by atoms with Gasteiger partial charge in [-0.3, -0.25) is 15.3 Å². The molecule has 3 aromatic rings. The standard InChI is InChI=1S/3C7H10N2.3ClH/c3*1-2-4-7-6(3-1)5-8-9-7;;;/h3*5H,1-4H2,(H,8,9);3*1H. The van der Waals surface area contributed by atoms with Gasteiger partial charge in [-0.25, -0.2) is 0 Å². The van der Waals surface area contributed by atoms with Crippen molar-refractivity contribution in [2.45, 2.75) is 77.0 Å². The van der Waals surface area contributed by atoms with Crippen LogP contribution in [0.3, 0.4) is 0 Å². The van der Waals surface area contributed by atoms with Crippen LogP contribution in [-0.4, -0.2) is 30.6 Å². The molecule has 0 aliphatic heterocycles. The van der Waals surface area contributed by atoms with Gasteiger partial charge < -0.3 is 0 Å². The predicted molar refractivity (Wildman–Crippen MR) is 127 cm³/mol. The maximum atomic E-state index is 3.98. The minimum atomic E-state index is 0. The molecule has 0 aromatic carbocycles. The summed E-state index contributed by atoms with van der Waals surface area (Å²) in [6, 6.07) is 0. The minimum Gasteiger partial charge on any atom is -0.282 e. The van der Waals surface area contributed by atoms with Crippen LogP contribution in [0.4, 0.5) is 0 Å². The molecule has 0 spiro atoms. The lowest BCUT2D eigenvalue weighted by atomic mass is 9.99. The van der Waals surface area contributed by atoms with Crippen LogP contribution in [0, 0.1) is 0 Å². The molecule has 9 heteroatoms. The molecule has 0 atom stereocenters. The molecule has 0 unspecified atom stereocenters. The number of aryl methyl sites for hydroxylation is 6. The lowest BCUT2D eigenvalue weighted by molar-refractivity contribution is 0.675.